The predicted octanol–water partition coefficient (Wildman–Crippen LogP) is -0.814. The van der Waals surface area contributed by atoms with Crippen molar-refractivity contribution in [3.8, 4) is 0 Å². The van der Waals surface area contributed by atoms with Crippen LogP contribution < -0.4 is 11.5 Å². The van der Waals surface area contributed by atoms with Crippen LogP contribution in [0.15, 0.2) is 0 Å². The zero-order chi connectivity index (χ0) is 10.4. The Balaban J connectivity index is 2.20. The first-order valence-corrected chi connectivity index (χ1v) is 5.39. The van der Waals surface area contributed by atoms with Gasteiger partial charge in [-0.3, -0.25) is 0 Å². The Morgan fingerprint density at radius 1 is 0.929 bits per heavy atom. The first-order valence-electron chi connectivity index (χ1n) is 5.39. The summed E-state index contributed by atoms with van der Waals surface area (Å²) in [6, 6.07) is 0. The third-order valence-electron chi connectivity index (χ3n) is 4.29. The molecule has 0 radical (unpaired) electrons. The molecule has 6 N–H and O–H groups in total. The van der Waals surface area contributed by atoms with E-state index in [0.717, 1.165) is 12.8 Å². The van der Waals surface area contributed by atoms with Crippen LogP contribution in [-0.2, 0) is 0 Å². The zero-order valence-corrected chi connectivity index (χ0v) is 8.45. The summed E-state index contributed by atoms with van der Waals surface area (Å²) in [5.41, 5.74) is 9.69. The molecule has 3 fully saturated rings. The van der Waals surface area contributed by atoms with E-state index in [4.69, 9.17) is 11.5 Å². The normalized spacial score (nSPS) is 52.3. The molecule has 14 heavy (non-hydrogen) atoms. The molecule has 3 saturated carbocycles. The minimum atomic E-state index is -0.746. The Morgan fingerprint density at radius 2 is 1.29 bits per heavy atom. The molecule has 2 unspecified atom stereocenters. The van der Waals surface area contributed by atoms with Crippen molar-refractivity contribution in [1.82, 2.24) is 0 Å². The molecule has 3 aliphatic carbocycles. The number of hydrogen-bond donors (Lipinski definition) is 4. The van der Waals surface area contributed by atoms with Gasteiger partial charge in [-0.15, -0.1) is 0 Å². The van der Waals surface area contributed by atoms with Crippen LogP contribution in [0.4, 0.5) is 0 Å². The largest absolute Gasteiger partial charge is 0.388 e. The quantitative estimate of drug-likeness (QED) is 0.469. The maximum absolute atomic E-state index is 10.2. The SMILES string of the molecule is NCC1(O)C[C@@H]2CC[C@H]1CC2(O)CN. The molecule has 4 heteroatoms. The molecule has 3 rings (SSSR count). The highest BCUT2D eigenvalue weighted by Crippen LogP contribution is 2.51. The van der Waals surface area contributed by atoms with E-state index in [1.54, 1.807) is 0 Å². The van der Waals surface area contributed by atoms with E-state index in [0.29, 0.717) is 25.9 Å². The van der Waals surface area contributed by atoms with Crippen LogP contribution >= 0.6 is 0 Å². The van der Waals surface area contributed by atoms with Gasteiger partial charge in [0, 0.05) is 13.1 Å². The molecule has 3 aliphatic rings. The van der Waals surface area contributed by atoms with Gasteiger partial charge in [0.25, 0.3) is 0 Å². The van der Waals surface area contributed by atoms with E-state index in [-0.39, 0.29) is 11.8 Å². The topological polar surface area (TPSA) is 92.5 Å². The van der Waals surface area contributed by atoms with E-state index in [9.17, 15) is 10.2 Å². The van der Waals surface area contributed by atoms with Gasteiger partial charge in [-0.1, -0.05) is 0 Å². The molecule has 2 bridgehead atoms. The highest BCUT2D eigenvalue weighted by atomic mass is 16.3. The van der Waals surface area contributed by atoms with Crippen LogP contribution in [0, 0.1) is 11.8 Å². The van der Waals surface area contributed by atoms with Crippen molar-refractivity contribution in [2.75, 3.05) is 13.1 Å². The molecular weight excluding hydrogens is 180 g/mol. The fourth-order valence-corrected chi connectivity index (χ4v) is 3.21. The monoisotopic (exact) mass is 200 g/mol. The number of rotatable bonds is 2. The lowest BCUT2D eigenvalue weighted by Crippen LogP contribution is -2.63. The molecule has 0 amide bonds. The third kappa shape index (κ3) is 1.29. The zero-order valence-electron chi connectivity index (χ0n) is 8.45. The molecule has 0 saturated heterocycles. The van der Waals surface area contributed by atoms with Crippen molar-refractivity contribution >= 4 is 0 Å². The minimum Gasteiger partial charge on any atom is -0.388 e. The van der Waals surface area contributed by atoms with Gasteiger partial charge in [-0.05, 0) is 37.5 Å². The number of aliphatic hydroxyl groups is 2. The first kappa shape index (κ1) is 10.4. The predicted molar refractivity (Wildman–Crippen MR) is 53.5 cm³/mol. The van der Waals surface area contributed by atoms with Crippen molar-refractivity contribution in [1.29, 1.82) is 0 Å². The lowest BCUT2D eigenvalue weighted by atomic mass is 9.55. The second-order valence-corrected chi connectivity index (χ2v) is 4.99. The number of nitrogens with two attached hydrogens (primary N) is 2. The molecule has 0 spiro atoms. The Morgan fingerprint density at radius 3 is 1.50 bits per heavy atom. The van der Waals surface area contributed by atoms with Gasteiger partial charge >= 0.3 is 0 Å². The van der Waals surface area contributed by atoms with Gasteiger partial charge in [0.1, 0.15) is 0 Å². The van der Waals surface area contributed by atoms with Gasteiger partial charge in [0.05, 0.1) is 11.2 Å². The fraction of sp³-hybridized carbons (Fsp3) is 1.00. The van der Waals surface area contributed by atoms with Crippen molar-refractivity contribution in [3.63, 3.8) is 0 Å². The average Bonchev–Trinajstić information content (AvgIpc) is 2.20. The summed E-state index contributed by atoms with van der Waals surface area (Å²) >= 11 is 0. The van der Waals surface area contributed by atoms with Crippen LogP contribution in [0.2, 0.25) is 0 Å². The summed E-state index contributed by atoms with van der Waals surface area (Å²) < 4.78 is 0. The van der Waals surface area contributed by atoms with E-state index < -0.39 is 11.2 Å². The molecule has 4 nitrogen and oxygen atoms in total. The van der Waals surface area contributed by atoms with Crippen LogP contribution in [0.3, 0.4) is 0 Å². The summed E-state index contributed by atoms with van der Waals surface area (Å²) in [6.07, 6.45) is 3.17. The summed E-state index contributed by atoms with van der Waals surface area (Å²) in [6.45, 7) is 0.601. The standard InChI is InChI=1S/C10H20N2O2/c11-5-9(13)4-8-2-1-7(9)3-10(8,14)6-12/h7-8,13-14H,1-6,11-12H2/t7-,8-,9?,10?/m0/s1. The highest BCUT2D eigenvalue weighted by molar-refractivity contribution is 5.08. The highest BCUT2D eigenvalue weighted by Gasteiger charge is 2.55. The van der Waals surface area contributed by atoms with Gasteiger partial charge in [-0.2, -0.15) is 0 Å². The van der Waals surface area contributed by atoms with Gasteiger partial charge < -0.3 is 21.7 Å². The average molecular weight is 200 g/mol. The van der Waals surface area contributed by atoms with Gasteiger partial charge in [0.2, 0.25) is 0 Å². The molecule has 4 atom stereocenters. The van der Waals surface area contributed by atoms with Crippen molar-refractivity contribution in [2.24, 2.45) is 23.3 Å². The molecule has 0 heterocycles. The molecule has 0 aromatic rings. The van der Waals surface area contributed by atoms with Crippen LogP contribution in [0.25, 0.3) is 0 Å². The molecule has 0 aromatic carbocycles. The molecule has 0 aromatic heterocycles. The van der Waals surface area contributed by atoms with Crippen LogP contribution in [0.5, 0.6) is 0 Å². The van der Waals surface area contributed by atoms with E-state index >= 15 is 0 Å². The van der Waals surface area contributed by atoms with Crippen molar-refractivity contribution in [3.05, 3.63) is 0 Å². The Hall–Kier alpha value is -0.160. The Labute approximate surface area is 84.3 Å². The Bertz CT molecular complexity index is 212. The lowest BCUT2D eigenvalue weighted by Gasteiger charge is -2.55. The summed E-state index contributed by atoms with van der Waals surface area (Å²) in [5.74, 6) is 0.261. The first-order chi connectivity index (χ1) is 6.54. The summed E-state index contributed by atoms with van der Waals surface area (Å²) in [7, 11) is 0. The fourth-order valence-electron chi connectivity index (χ4n) is 3.21. The second kappa shape index (κ2) is 3.17. The lowest BCUT2D eigenvalue weighted by molar-refractivity contribution is -0.178. The second-order valence-electron chi connectivity index (χ2n) is 4.99. The van der Waals surface area contributed by atoms with Crippen LogP contribution in [-0.4, -0.2) is 34.5 Å². The minimum absolute atomic E-state index is 0.131. The smallest absolute Gasteiger partial charge is 0.0802 e. The van der Waals surface area contributed by atoms with Gasteiger partial charge in [0.15, 0.2) is 0 Å². The van der Waals surface area contributed by atoms with E-state index in [1.165, 1.54) is 0 Å². The Kier molecular flexibility index (Phi) is 2.34. The molecular formula is C10H20N2O2. The van der Waals surface area contributed by atoms with Gasteiger partial charge in [-0.25, -0.2) is 0 Å². The summed E-state index contributed by atoms with van der Waals surface area (Å²) in [4.78, 5) is 0. The number of hydrogen-bond acceptors (Lipinski definition) is 4. The van der Waals surface area contributed by atoms with Crippen molar-refractivity contribution < 1.29 is 10.2 Å². The van der Waals surface area contributed by atoms with Crippen LogP contribution in [0.1, 0.15) is 25.7 Å². The maximum Gasteiger partial charge on any atom is 0.0802 e. The summed E-state index contributed by atoms with van der Waals surface area (Å²) in [5, 5.41) is 20.4. The maximum atomic E-state index is 10.2. The molecule has 82 valence electrons. The number of fused-ring (bicyclic) bond motifs is 3. The van der Waals surface area contributed by atoms with E-state index in [1.807, 2.05) is 0 Å². The van der Waals surface area contributed by atoms with Crippen molar-refractivity contribution in [2.45, 2.75) is 36.9 Å². The third-order valence-corrected chi connectivity index (χ3v) is 4.29. The molecule has 0 aliphatic heterocycles. The van der Waals surface area contributed by atoms with E-state index in [2.05, 4.69) is 0 Å².